The van der Waals surface area contributed by atoms with E-state index >= 15 is 0 Å². The Morgan fingerprint density at radius 3 is 3.00 bits per heavy atom. The molecule has 0 saturated carbocycles. The Kier molecular flexibility index (Phi) is 3.94. The van der Waals surface area contributed by atoms with Crippen LogP contribution in [0.25, 0.3) is 0 Å². The monoisotopic (exact) mass is 249 g/mol. The van der Waals surface area contributed by atoms with Crippen LogP contribution in [0.1, 0.15) is 18.5 Å². The SMILES string of the molecule is CC(NCCn1cccn1)c1ccc(F)cc1O. The predicted octanol–water partition coefficient (Wildman–Crippen LogP) is 2.08. The van der Waals surface area contributed by atoms with Crippen molar-refractivity contribution >= 4 is 0 Å². The summed E-state index contributed by atoms with van der Waals surface area (Å²) >= 11 is 0. The third-order valence-electron chi connectivity index (χ3n) is 2.81. The summed E-state index contributed by atoms with van der Waals surface area (Å²) in [5.41, 5.74) is 0.692. The van der Waals surface area contributed by atoms with Crippen molar-refractivity contribution in [2.75, 3.05) is 6.54 Å². The zero-order valence-corrected chi connectivity index (χ0v) is 10.2. The Hall–Kier alpha value is -1.88. The lowest BCUT2D eigenvalue weighted by Gasteiger charge is -2.15. The Morgan fingerprint density at radius 2 is 2.33 bits per heavy atom. The smallest absolute Gasteiger partial charge is 0.126 e. The number of hydrogen-bond donors (Lipinski definition) is 2. The van der Waals surface area contributed by atoms with Gasteiger partial charge in [0.05, 0.1) is 6.54 Å². The lowest BCUT2D eigenvalue weighted by Crippen LogP contribution is -2.23. The van der Waals surface area contributed by atoms with E-state index in [4.69, 9.17) is 0 Å². The van der Waals surface area contributed by atoms with Crippen molar-refractivity contribution in [3.63, 3.8) is 0 Å². The van der Waals surface area contributed by atoms with E-state index in [0.29, 0.717) is 5.56 Å². The maximum atomic E-state index is 12.9. The minimum atomic E-state index is -0.431. The molecule has 18 heavy (non-hydrogen) atoms. The molecular weight excluding hydrogens is 233 g/mol. The molecule has 0 aliphatic heterocycles. The molecular formula is C13H16FN3O. The van der Waals surface area contributed by atoms with Crippen molar-refractivity contribution in [3.8, 4) is 5.75 Å². The third-order valence-corrected chi connectivity index (χ3v) is 2.81. The van der Waals surface area contributed by atoms with E-state index in [1.165, 1.54) is 6.07 Å². The summed E-state index contributed by atoms with van der Waals surface area (Å²) in [7, 11) is 0. The molecule has 0 radical (unpaired) electrons. The maximum absolute atomic E-state index is 12.9. The van der Waals surface area contributed by atoms with Gasteiger partial charge in [-0.15, -0.1) is 0 Å². The van der Waals surface area contributed by atoms with Crippen molar-refractivity contribution in [2.45, 2.75) is 19.5 Å². The van der Waals surface area contributed by atoms with Gasteiger partial charge >= 0.3 is 0 Å². The van der Waals surface area contributed by atoms with Gasteiger partial charge in [0.15, 0.2) is 0 Å². The van der Waals surface area contributed by atoms with Crippen molar-refractivity contribution in [1.82, 2.24) is 15.1 Å². The average molecular weight is 249 g/mol. The third kappa shape index (κ3) is 3.07. The first-order chi connectivity index (χ1) is 8.66. The van der Waals surface area contributed by atoms with Crippen molar-refractivity contribution in [3.05, 3.63) is 48.0 Å². The van der Waals surface area contributed by atoms with E-state index in [2.05, 4.69) is 10.4 Å². The molecule has 0 aliphatic rings. The molecule has 1 aromatic carbocycles. The highest BCUT2D eigenvalue weighted by Gasteiger charge is 2.10. The van der Waals surface area contributed by atoms with Gasteiger partial charge < -0.3 is 10.4 Å². The zero-order valence-electron chi connectivity index (χ0n) is 10.2. The molecule has 96 valence electrons. The van der Waals surface area contributed by atoms with E-state index in [-0.39, 0.29) is 11.8 Å². The molecule has 1 aromatic heterocycles. The minimum absolute atomic E-state index is 0.0194. The van der Waals surface area contributed by atoms with Crippen LogP contribution in [-0.2, 0) is 6.54 Å². The number of nitrogens with zero attached hydrogens (tertiary/aromatic N) is 2. The molecule has 1 atom stereocenters. The molecule has 1 unspecified atom stereocenters. The second-order valence-corrected chi connectivity index (χ2v) is 4.15. The molecule has 0 saturated heterocycles. The Balaban J connectivity index is 1.89. The summed E-state index contributed by atoms with van der Waals surface area (Å²) in [5, 5.41) is 17.0. The number of aromatic nitrogens is 2. The predicted molar refractivity (Wildman–Crippen MR) is 66.7 cm³/mol. The number of halogens is 1. The fourth-order valence-electron chi connectivity index (χ4n) is 1.82. The van der Waals surface area contributed by atoms with Crippen LogP contribution in [0.2, 0.25) is 0 Å². The van der Waals surface area contributed by atoms with E-state index < -0.39 is 5.82 Å². The topological polar surface area (TPSA) is 50.1 Å². The summed E-state index contributed by atoms with van der Waals surface area (Å²) in [6.07, 6.45) is 3.62. The molecule has 1 heterocycles. The molecule has 4 nitrogen and oxygen atoms in total. The average Bonchev–Trinajstić information content (AvgIpc) is 2.81. The van der Waals surface area contributed by atoms with E-state index in [1.54, 1.807) is 12.3 Å². The molecule has 2 aromatic rings. The lowest BCUT2D eigenvalue weighted by molar-refractivity contribution is 0.441. The number of phenols is 1. The van der Waals surface area contributed by atoms with Gasteiger partial charge in [0.25, 0.3) is 0 Å². The first kappa shape index (κ1) is 12.6. The fourth-order valence-corrected chi connectivity index (χ4v) is 1.82. The number of phenolic OH excluding ortho intramolecular Hbond substituents is 1. The van der Waals surface area contributed by atoms with Gasteiger partial charge in [0, 0.05) is 36.6 Å². The molecule has 5 heteroatoms. The largest absolute Gasteiger partial charge is 0.508 e. The van der Waals surface area contributed by atoms with Crippen LogP contribution in [0.5, 0.6) is 5.75 Å². The van der Waals surface area contributed by atoms with Crippen molar-refractivity contribution in [2.24, 2.45) is 0 Å². The Morgan fingerprint density at radius 1 is 1.50 bits per heavy atom. The number of benzene rings is 1. The second kappa shape index (κ2) is 5.64. The molecule has 0 aliphatic carbocycles. The minimum Gasteiger partial charge on any atom is -0.508 e. The van der Waals surface area contributed by atoms with Crippen LogP contribution in [0.4, 0.5) is 4.39 Å². The standard InChI is InChI=1S/C13H16FN3O/c1-10(12-4-3-11(14)9-13(12)18)15-6-8-17-7-2-5-16-17/h2-5,7,9-10,15,18H,6,8H2,1H3. The van der Waals surface area contributed by atoms with Gasteiger partial charge in [0.1, 0.15) is 11.6 Å². The Bertz CT molecular complexity index is 499. The number of rotatable bonds is 5. The van der Waals surface area contributed by atoms with Crippen LogP contribution in [-0.4, -0.2) is 21.4 Å². The number of aromatic hydroxyl groups is 1. The van der Waals surface area contributed by atoms with Gasteiger partial charge in [-0.3, -0.25) is 4.68 Å². The summed E-state index contributed by atoms with van der Waals surface area (Å²) in [6.45, 7) is 3.40. The van der Waals surface area contributed by atoms with E-state index in [9.17, 15) is 9.50 Å². The summed E-state index contributed by atoms with van der Waals surface area (Å²) in [5.74, 6) is -0.450. The second-order valence-electron chi connectivity index (χ2n) is 4.15. The van der Waals surface area contributed by atoms with Crippen LogP contribution in [0.3, 0.4) is 0 Å². The van der Waals surface area contributed by atoms with E-state index in [0.717, 1.165) is 19.2 Å². The van der Waals surface area contributed by atoms with Gasteiger partial charge in [-0.05, 0) is 19.1 Å². The van der Waals surface area contributed by atoms with Crippen molar-refractivity contribution in [1.29, 1.82) is 0 Å². The molecule has 2 N–H and O–H groups in total. The quantitative estimate of drug-likeness (QED) is 0.853. The van der Waals surface area contributed by atoms with Crippen LogP contribution < -0.4 is 5.32 Å². The highest BCUT2D eigenvalue weighted by Crippen LogP contribution is 2.24. The van der Waals surface area contributed by atoms with Crippen LogP contribution >= 0.6 is 0 Å². The normalized spacial score (nSPS) is 12.6. The van der Waals surface area contributed by atoms with Gasteiger partial charge in [0.2, 0.25) is 0 Å². The van der Waals surface area contributed by atoms with Crippen molar-refractivity contribution < 1.29 is 9.50 Å². The number of hydrogen-bond acceptors (Lipinski definition) is 3. The molecule has 2 rings (SSSR count). The van der Waals surface area contributed by atoms with E-state index in [1.807, 2.05) is 23.9 Å². The summed E-state index contributed by atoms with van der Waals surface area (Å²) < 4.78 is 14.7. The van der Waals surface area contributed by atoms with Gasteiger partial charge in [-0.2, -0.15) is 5.10 Å². The number of nitrogens with one attached hydrogen (secondary N) is 1. The first-order valence-electron chi connectivity index (χ1n) is 5.86. The fraction of sp³-hybridized carbons (Fsp3) is 0.308. The zero-order chi connectivity index (χ0) is 13.0. The summed E-state index contributed by atoms with van der Waals surface area (Å²) in [6, 6.07) is 5.90. The lowest BCUT2D eigenvalue weighted by atomic mass is 10.1. The Labute approximate surface area is 105 Å². The summed E-state index contributed by atoms with van der Waals surface area (Å²) in [4.78, 5) is 0. The molecule has 0 amide bonds. The van der Waals surface area contributed by atoms with Gasteiger partial charge in [-0.25, -0.2) is 4.39 Å². The molecule has 0 fully saturated rings. The maximum Gasteiger partial charge on any atom is 0.126 e. The van der Waals surface area contributed by atoms with Gasteiger partial charge in [-0.1, -0.05) is 6.07 Å². The highest BCUT2D eigenvalue weighted by atomic mass is 19.1. The first-order valence-corrected chi connectivity index (χ1v) is 5.86. The molecule has 0 bridgehead atoms. The van der Waals surface area contributed by atoms with Crippen LogP contribution in [0.15, 0.2) is 36.7 Å². The van der Waals surface area contributed by atoms with Crippen LogP contribution in [0, 0.1) is 5.82 Å². The highest BCUT2D eigenvalue weighted by molar-refractivity contribution is 5.34. The molecule has 0 spiro atoms.